The molecule has 0 rings (SSSR count). The number of ether oxygens (including phenoxy) is 1. The summed E-state index contributed by atoms with van der Waals surface area (Å²) in [5.41, 5.74) is 0. The minimum Gasteiger partial charge on any atom is -0.463 e. The van der Waals surface area contributed by atoms with Crippen molar-refractivity contribution in [3.05, 3.63) is 0 Å². The molecule has 0 N–H and O–H groups in total. The molecule has 0 aromatic heterocycles. The minimum atomic E-state index is -3.42. The van der Waals surface area contributed by atoms with Gasteiger partial charge >= 0.3 is 5.97 Å². The van der Waals surface area contributed by atoms with E-state index in [4.69, 9.17) is 0 Å². The highest BCUT2D eigenvalue weighted by molar-refractivity contribution is 7.85. The molecule has 0 heterocycles. The zero-order valence-electron chi connectivity index (χ0n) is 7.07. The van der Waals surface area contributed by atoms with Crippen LogP contribution in [-0.4, -0.2) is 33.9 Å². The molecule has 0 bridgehead atoms. The van der Waals surface area contributed by atoms with E-state index in [2.05, 4.69) is 8.92 Å². The van der Waals surface area contributed by atoms with Crippen molar-refractivity contribution in [1.82, 2.24) is 0 Å². The number of carbonyl (C=O) groups excluding carboxylic acids is 1. The van der Waals surface area contributed by atoms with Crippen LogP contribution >= 0.6 is 0 Å². The van der Waals surface area contributed by atoms with Crippen LogP contribution in [0.2, 0.25) is 0 Å². The van der Waals surface area contributed by atoms with Gasteiger partial charge in [0.2, 0.25) is 0 Å². The van der Waals surface area contributed by atoms with E-state index in [9.17, 15) is 13.2 Å². The van der Waals surface area contributed by atoms with Crippen molar-refractivity contribution >= 4 is 16.1 Å². The summed E-state index contributed by atoms with van der Waals surface area (Å²) < 4.78 is 29.6. The van der Waals surface area contributed by atoms with Gasteiger partial charge in [-0.15, -0.1) is 0 Å². The second-order valence-corrected chi connectivity index (χ2v) is 3.74. The molecule has 6 heteroatoms. The SMILES string of the molecule is CCC(=O)OCCOS(C)(=O)=O. The lowest BCUT2D eigenvalue weighted by molar-refractivity contribution is -0.143. The quantitative estimate of drug-likeness (QED) is 0.349. The zero-order valence-corrected chi connectivity index (χ0v) is 7.89. The molecule has 0 aliphatic rings. The molecule has 5 nitrogen and oxygen atoms in total. The molecule has 0 atom stereocenters. The van der Waals surface area contributed by atoms with Crippen molar-refractivity contribution < 1.29 is 22.1 Å². The number of esters is 1. The Morgan fingerprint density at radius 2 is 1.92 bits per heavy atom. The van der Waals surface area contributed by atoms with Crippen molar-refractivity contribution in [3.63, 3.8) is 0 Å². The van der Waals surface area contributed by atoms with E-state index in [1.54, 1.807) is 6.92 Å². The van der Waals surface area contributed by atoms with Crippen LogP contribution in [0.15, 0.2) is 0 Å². The summed E-state index contributed by atoms with van der Waals surface area (Å²) >= 11 is 0. The van der Waals surface area contributed by atoms with Gasteiger partial charge in [0.05, 0.1) is 6.26 Å². The Balaban J connectivity index is 3.40. The Morgan fingerprint density at radius 3 is 2.33 bits per heavy atom. The Hall–Kier alpha value is -0.620. The zero-order chi connectivity index (χ0) is 9.61. The highest BCUT2D eigenvalue weighted by Crippen LogP contribution is 1.88. The van der Waals surface area contributed by atoms with Gasteiger partial charge in [0.15, 0.2) is 0 Å². The molecule has 72 valence electrons. The van der Waals surface area contributed by atoms with Crippen LogP contribution in [0.1, 0.15) is 13.3 Å². The van der Waals surface area contributed by atoms with Crippen molar-refractivity contribution in [2.75, 3.05) is 19.5 Å². The molecule has 0 saturated heterocycles. The fourth-order valence-corrected chi connectivity index (χ4v) is 0.814. The third kappa shape index (κ3) is 7.49. The molecule has 0 amide bonds. The second kappa shape index (κ2) is 5.10. The van der Waals surface area contributed by atoms with Gasteiger partial charge in [-0.05, 0) is 0 Å². The fourth-order valence-electron chi connectivity index (χ4n) is 0.443. The summed E-state index contributed by atoms with van der Waals surface area (Å²) in [5.74, 6) is -0.368. The van der Waals surface area contributed by atoms with Gasteiger partial charge < -0.3 is 4.74 Å². The normalized spacial score (nSPS) is 11.2. The third-order valence-electron chi connectivity index (χ3n) is 0.932. The van der Waals surface area contributed by atoms with Gasteiger partial charge in [-0.1, -0.05) is 6.92 Å². The maximum atomic E-state index is 10.5. The van der Waals surface area contributed by atoms with E-state index in [1.165, 1.54) is 0 Å². The number of hydrogen-bond donors (Lipinski definition) is 0. The van der Waals surface area contributed by atoms with Gasteiger partial charge in [0.25, 0.3) is 10.1 Å². The van der Waals surface area contributed by atoms with Crippen LogP contribution in [0, 0.1) is 0 Å². The van der Waals surface area contributed by atoms with Crippen LogP contribution in [0.5, 0.6) is 0 Å². The van der Waals surface area contributed by atoms with Crippen LogP contribution in [0.4, 0.5) is 0 Å². The van der Waals surface area contributed by atoms with E-state index < -0.39 is 10.1 Å². The van der Waals surface area contributed by atoms with Crippen molar-refractivity contribution in [1.29, 1.82) is 0 Å². The molecule has 0 aliphatic heterocycles. The highest BCUT2D eigenvalue weighted by Gasteiger charge is 2.02. The first-order valence-corrected chi connectivity index (χ1v) is 5.27. The van der Waals surface area contributed by atoms with Gasteiger partial charge in [-0.2, -0.15) is 8.42 Å². The first-order valence-electron chi connectivity index (χ1n) is 3.45. The Bertz CT molecular complexity index is 230. The van der Waals surface area contributed by atoms with Crippen molar-refractivity contribution in [2.45, 2.75) is 13.3 Å². The standard InChI is InChI=1S/C6H12O5S/c1-3-6(7)10-4-5-11-12(2,8)9/h3-5H2,1-2H3. The summed E-state index contributed by atoms with van der Waals surface area (Å²) in [5, 5.41) is 0. The lowest BCUT2D eigenvalue weighted by Gasteiger charge is -2.02. The molecule has 0 aromatic rings. The van der Waals surface area contributed by atoms with E-state index in [1.807, 2.05) is 0 Å². The number of rotatable bonds is 5. The number of carbonyl (C=O) groups is 1. The van der Waals surface area contributed by atoms with Gasteiger partial charge in [-0.25, -0.2) is 0 Å². The molecular formula is C6H12O5S. The molecule has 0 saturated carbocycles. The van der Waals surface area contributed by atoms with E-state index in [0.717, 1.165) is 6.26 Å². The molecule has 0 fully saturated rings. The van der Waals surface area contributed by atoms with Crippen LogP contribution in [0.25, 0.3) is 0 Å². The molecular weight excluding hydrogens is 184 g/mol. The summed E-state index contributed by atoms with van der Waals surface area (Å²) in [6.45, 7) is 1.50. The van der Waals surface area contributed by atoms with Gasteiger partial charge in [0, 0.05) is 6.42 Å². The summed E-state index contributed by atoms with van der Waals surface area (Å²) in [4.78, 5) is 10.5. The Morgan fingerprint density at radius 1 is 1.33 bits per heavy atom. The third-order valence-corrected chi connectivity index (χ3v) is 1.53. The average Bonchev–Trinajstić information content (AvgIpc) is 1.96. The second-order valence-electron chi connectivity index (χ2n) is 2.10. The minimum absolute atomic E-state index is 0.0280. The lowest BCUT2D eigenvalue weighted by Crippen LogP contribution is -2.12. The highest BCUT2D eigenvalue weighted by atomic mass is 32.2. The van der Waals surface area contributed by atoms with Crippen LogP contribution < -0.4 is 0 Å². The predicted octanol–water partition coefficient (Wildman–Crippen LogP) is -0.0842. The van der Waals surface area contributed by atoms with E-state index in [-0.39, 0.29) is 25.6 Å². The maximum absolute atomic E-state index is 10.5. The Kier molecular flexibility index (Phi) is 4.84. The number of hydrogen-bond acceptors (Lipinski definition) is 5. The molecule has 0 aromatic carbocycles. The molecule has 0 spiro atoms. The van der Waals surface area contributed by atoms with Gasteiger partial charge in [-0.3, -0.25) is 8.98 Å². The fraction of sp³-hybridized carbons (Fsp3) is 0.833. The summed E-state index contributed by atoms with van der Waals surface area (Å²) in [7, 11) is -3.42. The maximum Gasteiger partial charge on any atom is 0.305 e. The van der Waals surface area contributed by atoms with Crippen molar-refractivity contribution in [2.24, 2.45) is 0 Å². The first-order chi connectivity index (χ1) is 5.45. The Labute approximate surface area is 71.8 Å². The van der Waals surface area contributed by atoms with Crippen LogP contribution in [-0.2, 0) is 23.8 Å². The first kappa shape index (κ1) is 11.4. The lowest BCUT2D eigenvalue weighted by atomic mass is 10.5. The average molecular weight is 196 g/mol. The summed E-state index contributed by atoms with van der Waals surface area (Å²) in [6.07, 6.45) is 1.22. The van der Waals surface area contributed by atoms with E-state index >= 15 is 0 Å². The van der Waals surface area contributed by atoms with Crippen LogP contribution in [0.3, 0.4) is 0 Å². The molecule has 0 radical (unpaired) electrons. The predicted molar refractivity (Wildman–Crippen MR) is 42.0 cm³/mol. The molecule has 0 aliphatic carbocycles. The molecule has 12 heavy (non-hydrogen) atoms. The summed E-state index contributed by atoms with van der Waals surface area (Å²) in [6, 6.07) is 0. The van der Waals surface area contributed by atoms with Crippen molar-refractivity contribution in [3.8, 4) is 0 Å². The van der Waals surface area contributed by atoms with Gasteiger partial charge in [0.1, 0.15) is 13.2 Å². The smallest absolute Gasteiger partial charge is 0.305 e. The largest absolute Gasteiger partial charge is 0.463 e. The topological polar surface area (TPSA) is 69.7 Å². The van der Waals surface area contributed by atoms with E-state index in [0.29, 0.717) is 0 Å². The monoisotopic (exact) mass is 196 g/mol. The molecule has 0 unspecified atom stereocenters.